The van der Waals surface area contributed by atoms with Gasteiger partial charge in [0.25, 0.3) is 0 Å². The van der Waals surface area contributed by atoms with Crippen molar-refractivity contribution in [1.82, 2.24) is 15.0 Å². The van der Waals surface area contributed by atoms with Gasteiger partial charge in [0.05, 0.1) is 10.6 Å². The molecule has 1 aromatic carbocycles. The molecule has 0 radical (unpaired) electrons. The van der Waals surface area contributed by atoms with Crippen molar-refractivity contribution in [2.45, 2.75) is 6.92 Å². The van der Waals surface area contributed by atoms with Crippen LogP contribution in [0.3, 0.4) is 0 Å². The van der Waals surface area contributed by atoms with E-state index in [1.807, 2.05) is 18.2 Å². The topological polar surface area (TPSA) is 58.6 Å². The molecular weight excluding hydrogens is 353 g/mol. The summed E-state index contributed by atoms with van der Waals surface area (Å²) in [5, 5.41) is 0.692. The van der Waals surface area contributed by atoms with E-state index in [1.54, 1.807) is 31.6 Å². The Labute approximate surface area is 153 Å². The molecule has 0 aliphatic carbocycles. The minimum Gasteiger partial charge on any atom is -0.345 e. The minimum absolute atomic E-state index is 0.0869. The van der Waals surface area contributed by atoms with E-state index in [4.69, 9.17) is 11.6 Å². The first kappa shape index (κ1) is 16.4. The van der Waals surface area contributed by atoms with E-state index < -0.39 is 11.6 Å². The van der Waals surface area contributed by atoms with Gasteiger partial charge in [0.1, 0.15) is 11.5 Å². The standard InChI is InChI=1S/C20H13ClFN3O/c1-11-4-5-16(21)17(18(11)22)19(26)15-10-25-20-14(15)7-13(9-24-20)12-3-2-6-23-8-12/h2-10H,1H3,(H,24,25). The second-order valence-corrected chi connectivity index (χ2v) is 6.35. The summed E-state index contributed by atoms with van der Waals surface area (Å²) in [5.74, 6) is -1.08. The molecule has 0 atom stereocenters. The van der Waals surface area contributed by atoms with Crippen molar-refractivity contribution >= 4 is 28.4 Å². The summed E-state index contributed by atoms with van der Waals surface area (Å²) in [6.07, 6.45) is 6.63. The highest BCUT2D eigenvalue weighted by molar-refractivity contribution is 6.35. The summed E-state index contributed by atoms with van der Waals surface area (Å²) in [5.41, 5.74) is 2.80. The first-order valence-corrected chi connectivity index (χ1v) is 8.31. The van der Waals surface area contributed by atoms with Crippen LogP contribution in [0, 0.1) is 12.7 Å². The minimum atomic E-state index is -0.603. The maximum atomic E-state index is 14.5. The van der Waals surface area contributed by atoms with Crippen molar-refractivity contribution < 1.29 is 9.18 Å². The van der Waals surface area contributed by atoms with Gasteiger partial charge in [-0.15, -0.1) is 0 Å². The molecule has 0 saturated heterocycles. The Morgan fingerprint density at radius 2 is 2.04 bits per heavy atom. The molecule has 0 bridgehead atoms. The number of hydrogen-bond acceptors (Lipinski definition) is 3. The molecule has 6 heteroatoms. The molecular formula is C20H13ClFN3O. The Morgan fingerprint density at radius 3 is 2.81 bits per heavy atom. The molecule has 4 nitrogen and oxygen atoms in total. The molecule has 0 fully saturated rings. The number of nitrogens with one attached hydrogen (secondary N) is 1. The molecule has 0 spiro atoms. The van der Waals surface area contributed by atoms with Gasteiger partial charge in [-0.05, 0) is 30.7 Å². The number of fused-ring (bicyclic) bond motifs is 1. The highest BCUT2D eigenvalue weighted by Gasteiger charge is 2.22. The maximum Gasteiger partial charge on any atom is 0.199 e. The Balaban J connectivity index is 1.88. The van der Waals surface area contributed by atoms with Crippen LogP contribution < -0.4 is 0 Å². The largest absolute Gasteiger partial charge is 0.345 e. The summed E-state index contributed by atoms with van der Waals surface area (Å²) in [7, 11) is 0. The maximum absolute atomic E-state index is 14.5. The zero-order valence-corrected chi connectivity index (χ0v) is 14.5. The second-order valence-electron chi connectivity index (χ2n) is 5.95. The SMILES string of the molecule is Cc1ccc(Cl)c(C(=O)c2c[nH]c3ncc(-c4cccnc4)cc23)c1F. The molecule has 0 aliphatic heterocycles. The van der Waals surface area contributed by atoms with E-state index in [-0.39, 0.29) is 10.6 Å². The average molecular weight is 366 g/mol. The summed E-state index contributed by atoms with van der Waals surface area (Å²) in [6, 6.07) is 8.64. The quantitative estimate of drug-likeness (QED) is 0.522. The zero-order chi connectivity index (χ0) is 18.3. The van der Waals surface area contributed by atoms with Crippen molar-refractivity contribution in [2.24, 2.45) is 0 Å². The van der Waals surface area contributed by atoms with Gasteiger partial charge in [-0.2, -0.15) is 0 Å². The summed E-state index contributed by atoms with van der Waals surface area (Å²) in [6.45, 7) is 1.60. The number of rotatable bonds is 3. The smallest absolute Gasteiger partial charge is 0.199 e. The van der Waals surface area contributed by atoms with Gasteiger partial charge < -0.3 is 4.98 Å². The van der Waals surface area contributed by atoms with Gasteiger partial charge in [0, 0.05) is 46.9 Å². The molecule has 26 heavy (non-hydrogen) atoms. The van der Waals surface area contributed by atoms with Crippen molar-refractivity contribution in [1.29, 1.82) is 0 Å². The Bertz CT molecular complexity index is 1140. The van der Waals surface area contributed by atoms with Gasteiger partial charge in [-0.1, -0.05) is 23.7 Å². The van der Waals surface area contributed by atoms with Crippen LogP contribution in [-0.4, -0.2) is 20.7 Å². The predicted molar refractivity (Wildman–Crippen MR) is 98.9 cm³/mol. The lowest BCUT2D eigenvalue weighted by Crippen LogP contribution is -2.06. The third-order valence-corrected chi connectivity index (χ3v) is 4.60. The summed E-state index contributed by atoms with van der Waals surface area (Å²) >= 11 is 6.10. The van der Waals surface area contributed by atoms with Crippen LogP contribution in [-0.2, 0) is 0 Å². The fourth-order valence-electron chi connectivity index (χ4n) is 2.88. The van der Waals surface area contributed by atoms with Gasteiger partial charge in [-0.3, -0.25) is 9.78 Å². The van der Waals surface area contributed by atoms with E-state index in [1.165, 1.54) is 12.3 Å². The molecule has 4 aromatic rings. The van der Waals surface area contributed by atoms with Crippen LogP contribution >= 0.6 is 11.6 Å². The normalized spacial score (nSPS) is 11.0. The van der Waals surface area contributed by atoms with E-state index in [2.05, 4.69) is 15.0 Å². The van der Waals surface area contributed by atoms with E-state index in [0.717, 1.165) is 11.1 Å². The van der Waals surface area contributed by atoms with E-state index >= 15 is 0 Å². The summed E-state index contributed by atoms with van der Waals surface area (Å²) < 4.78 is 14.5. The van der Waals surface area contributed by atoms with Crippen molar-refractivity contribution in [3.8, 4) is 11.1 Å². The van der Waals surface area contributed by atoms with E-state index in [0.29, 0.717) is 22.2 Å². The Morgan fingerprint density at radius 1 is 1.19 bits per heavy atom. The van der Waals surface area contributed by atoms with Crippen LogP contribution in [0.15, 0.2) is 55.1 Å². The predicted octanol–water partition coefficient (Wildman–Crippen LogP) is 4.96. The van der Waals surface area contributed by atoms with Crippen molar-refractivity contribution in [3.63, 3.8) is 0 Å². The number of halogens is 2. The third-order valence-electron chi connectivity index (χ3n) is 4.28. The number of hydrogen-bond donors (Lipinski definition) is 1. The van der Waals surface area contributed by atoms with Gasteiger partial charge in [0.15, 0.2) is 5.78 Å². The number of pyridine rings is 2. The number of nitrogens with zero attached hydrogens (tertiary/aromatic N) is 2. The number of aryl methyl sites for hydroxylation is 1. The zero-order valence-electron chi connectivity index (χ0n) is 13.8. The first-order valence-electron chi connectivity index (χ1n) is 7.93. The highest BCUT2D eigenvalue weighted by Crippen LogP contribution is 2.29. The monoisotopic (exact) mass is 365 g/mol. The molecule has 4 rings (SSSR count). The molecule has 1 N–H and O–H groups in total. The number of carbonyl (C=O) groups is 1. The lowest BCUT2D eigenvalue weighted by atomic mass is 9.99. The number of aromatic amines is 1. The molecule has 0 amide bonds. The van der Waals surface area contributed by atoms with Crippen molar-refractivity contribution in [3.05, 3.63) is 82.6 Å². The first-order chi connectivity index (χ1) is 12.6. The van der Waals surface area contributed by atoms with Crippen LogP contribution in [0.5, 0.6) is 0 Å². The molecule has 0 unspecified atom stereocenters. The fourth-order valence-corrected chi connectivity index (χ4v) is 3.11. The Kier molecular flexibility index (Phi) is 4.01. The number of benzene rings is 1. The summed E-state index contributed by atoms with van der Waals surface area (Å²) in [4.78, 5) is 24.4. The van der Waals surface area contributed by atoms with E-state index in [9.17, 15) is 9.18 Å². The number of carbonyl (C=O) groups excluding carboxylic acids is 1. The average Bonchev–Trinajstić information content (AvgIpc) is 3.09. The van der Waals surface area contributed by atoms with Gasteiger partial charge in [-0.25, -0.2) is 9.37 Å². The highest BCUT2D eigenvalue weighted by atomic mass is 35.5. The van der Waals surface area contributed by atoms with Crippen molar-refractivity contribution in [2.75, 3.05) is 0 Å². The van der Waals surface area contributed by atoms with Crippen LogP contribution in [0.2, 0.25) is 5.02 Å². The molecule has 0 saturated carbocycles. The Hall–Kier alpha value is -3.05. The number of H-pyrrole nitrogens is 1. The molecule has 3 aromatic heterocycles. The van der Waals surface area contributed by atoms with Gasteiger partial charge in [0.2, 0.25) is 0 Å². The molecule has 128 valence electrons. The molecule has 0 aliphatic rings. The van der Waals surface area contributed by atoms with Crippen LogP contribution in [0.4, 0.5) is 4.39 Å². The third kappa shape index (κ3) is 2.66. The lowest BCUT2D eigenvalue weighted by molar-refractivity contribution is 0.103. The van der Waals surface area contributed by atoms with Crippen LogP contribution in [0.1, 0.15) is 21.5 Å². The van der Waals surface area contributed by atoms with Gasteiger partial charge >= 0.3 is 0 Å². The molecule has 3 heterocycles. The second kappa shape index (κ2) is 6.35. The van der Waals surface area contributed by atoms with Crippen LogP contribution in [0.25, 0.3) is 22.2 Å². The fraction of sp³-hybridized carbons (Fsp3) is 0.0500. The number of ketones is 1. The lowest BCUT2D eigenvalue weighted by Gasteiger charge is -2.07. The number of aromatic nitrogens is 3.